The highest BCUT2D eigenvalue weighted by atomic mass is 16.3. The van der Waals surface area contributed by atoms with Crippen LogP contribution in [0.4, 0.5) is 0 Å². The number of aliphatic hydroxyl groups is 2. The molecule has 0 saturated carbocycles. The Morgan fingerprint density at radius 1 is 1.19 bits per heavy atom. The van der Waals surface area contributed by atoms with Gasteiger partial charge in [0.15, 0.2) is 5.65 Å². The maximum Gasteiger partial charge on any atom is 0.157 e. The Balaban J connectivity index is 2.14. The van der Waals surface area contributed by atoms with Crippen molar-refractivity contribution in [2.75, 3.05) is 26.3 Å². The maximum absolute atomic E-state index is 9.12. The zero-order valence-electron chi connectivity index (χ0n) is 12.7. The standard InChI is InChI=1S/C15H24N4O2/c1-12(2)19-15-14(10-17-19)8-13(9-16-15)11-18(5-7-21)4-3-6-20/h8-10,12,20-21H,3-7,11H2,1-2H3. The molecule has 0 unspecified atom stereocenters. The van der Waals surface area contributed by atoms with Crippen molar-refractivity contribution >= 4 is 11.0 Å². The Kier molecular flexibility index (Phi) is 5.67. The highest BCUT2D eigenvalue weighted by molar-refractivity contribution is 5.75. The minimum Gasteiger partial charge on any atom is -0.396 e. The summed E-state index contributed by atoms with van der Waals surface area (Å²) in [5.41, 5.74) is 2.00. The molecular formula is C15H24N4O2. The average Bonchev–Trinajstić information content (AvgIpc) is 2.88. The van der Waals surface area contributed by atoms with Crippen molar-refractivity contribution in [1.29, 1.82) is 0 Å². The van der Waals surface area contributed by atoms with Crippen LogP contribution < -0.4 is 0 Å². The van der Waals surface area contributed by atoms with Crippen LogP contribution in [0.5, 0.6) is 0 Å². The summed E-state index contributed by atoms with van der Waals surface area (Å²) in [5.74, 6) is 0. The molecule has 2 aromatic heterocycles. The van der Waals surface area contributed by atoms with Gasteiger partial charge in [-0.25, -0.2) is 9.67 Å². The van der Waals surface area contributed by atoms with E-state index in [1.807, 2.05) is 17.1 Å². The molecule has 0 aliphatic carbocycles. The second-order valence-electron chi connectivity index (χ2n) is 5.52. The van der Waals surface area contributed by atoms with Crippen LogP contribution in [0.1, 0.15) is 31.9 Å². The highest BCUT2D eigenvalue weighted by Crippen LogP contribution is 2.17. The van der Waals surface area contributed by atoms with Gasteiger partial charge in [-0.05, 0) is 31.9 Å². The molecule has 6 heteroatoms. The van der Waals surface area contributed by atoms with Gasteiger partial charge in [0.2, 0.25) is 0 Å². The van der Waals surface area contributed by atoms with Gasteiger partial charge in [0.1, 0.15) is 0 Å². The van der Waals surface area contributed by atoms with E-state index in [0.717, 1.165) is 29.7 Å². The van der Waals surface area contributed by atoms with Crippen LogP contribution in [0, 0.1) is 0 Å². The van der Waals surface area contributed by atoms with Gasteiger partial charge < -0.3 is 10.2 Å². The van der Waals surface area contributed by atoms with Crippen LogP contribution in [0.3, 0.4) is 0 Å². The normalized spacial score (nSPS) is 11.9. The van der Waals surface area contributed by atoms with E-state index < -0.39 is 0 Å². The molecule has 0 aliphatic rings. The molecule has 0 bridgehead atoms. The molecule has 2 aromatic rings. The third-order valence-electron chi connectivity index (χ3n) is 3.43. The van der Waals surface area contributed by atoms with Crippen molar-refractivity contribution in [2.45, 2.75) is 32.9 Å². The lowest BCUT2D eigenvalue weighted by atomic mass is 10.2. The van der Waals surface area contributed by atoms with E-state index in [2.05, 4.69) is 34.9 Å². The number of aromatic nitrogens is 3. The van der Waals surface area contributed by atoms with Gasteiger partial charge in [-0.1, -0.05) is 0 Å². The number of fused-ring (bicyclic) bond motifs is 1. The second-order valence-corrected chi connectivity index (χ2v) is 5.52. The maximum atomic E-state index is 9.12. The van der Waals surface area contributed by atoms with E-state index >= 15 is 0 Å². The molecule has 0 aromatic carbocycles. The topological polar surface area (TPSA) is 74.4 Å². The van der Waals surface area contributed by atoms with E-state index in [-0.39, 0.29) is 19.3 Å². The van der Waals surface area contributed by atoms with E-state index in [1.54, 1.807) is 0 Å². The fraction of sp³-hybridized carbons (Fsp3) is 0.600. The number of hydrogen-bond donors (Lipinski definition) is 2. The zero-order chi connectivity index (χ0) is 15.2. The summed E-state index contributed by atoms with van der Waals surface area (Å²) >= 11 is 0. The quantitative estimate of drug-likeness (QED) is 0.764. The zero-order valence-corrected chi connectivity index (χ0v) is 12.7. The summed E-state index contributed by atoms with van der Waals surface area (Å²) in [5, 5.41) is 23.5. The number of rotatable bonds is 8. The Hall–Kier alpha value is -1.50. The predicted octanol–water partition coefficient (Wildman–Crippen LogP) is 1.19. The molecule has 2 N–H and O–H groups in total. The summed E-state index contributed by atoms with van der Waals surface area (Å²) < 4.78 is 1.91. The van der Waals surface area contributed by atoms with Crippen LogP contribution in [-0.4, -0.2) is 56.2 Å². The molecule has 0 fully saturated rings. The third kappa shape index (κ3) is 4.00. The predicted molar refractivity (Wildman–Crippen MR) is 82.0 cm³/mol. The lowest BCUT2D eigenvalue weighted by Crippen LogP contribution is -2.28. The minimum atomic E-state index is 0.117. The second kappa shape index (κ2) is 7.49. The molecule has 21 heavy (non-hydrogen) atoms. The van der Waals surface area contributed by atoms with Crippen LogP contribution in [0.25, 0.3) is 11.0 Å². The molecule has 2 heterocycles. The summed E-state index contributed by atoms with van der Waals surface area (Å²) in [6, 6.07) is 2.38. The van der Waals surface area contributed by atoms with Gasteiger partial charge in [0, 0.05) is 43.9 Å². The molecule has 0 amide bonds. The Morgan fingerprint density at radius 3 is 2.67 bits per heavy atom. The van der Waals surface area contributed by atoms with Crippen molar-refractivity contribution < 1.29 is 10.2 Å². The fourth-order valence-corrected chi connectivity index (χ4v) is 2.41. The van der Waals surface area contributed by atoms with Crippen LogP contribution in [-0.2, 0) is 6.54 Å². The van der Waals surface area contributed by atoms with Crippen molar-refractivity contribution in [3.8, 4) is 0 Å². The molecule has 0 radical (unpaired) electrons. The first-order chi connectivity index (χ1) is 10.2. The molecule has 116 valence electrons. The van der Waals surface area contributed by atoms with Gasteiger partial charge in [-0.2, -0.15) is 5.10 Å². The number of aliphatic hydroxyl groups excluding tert-OH is 2. The monoisotopic (exact) mass is 292 g/mol. The van der Waals surface area contributed by atoms with Crippen molar-refractivity contribution in [3.63, 3.8) is 0 Å². The largest absolute Gasteiger partial charge is 0.396 e. The summed E-state index contributed by atoms with van der Waals surface area (Å²) in [6.45, 7) is 6.53. The average molecular weight is 292 g/mol. The summed E-state index contributed by atoms with van der Waals surface area (Å²) in [4.78, 5) is 6.63. The Bertz CT molecular complexity index is 568. The van der Waals surface area contributed by atoms with Crippen LogP contribution in [0.2, 0.25) is 0 Å². The van der Waals surface area contributed by atoms with Crippen LogP contribution in [0.15, 0.2) is 18.5 Å². The summed E-state index contributed by atoms with van der Waals surface area (Å²) in [6.07, 6.45) is 4.42. The smallest absolute Gasteiger partial charge is 0.157 e. The van der Waals surface area contributed by atoms with Crippen molar-refractivity contribution in [1.82, 2.24) is 19.7 Å². The molecule has 0 aliphatic heterocycles. The number of pyridine rings is 1. The lowest BCUT2D eigenvalue weighted by Gasteiger charge is -2.20. The molecule has 0 saturated heterocycles. The fourth-order valence-electron chi connectivity index (χ4n) is 2.41. The first-order valence-electron chi connectivity index (χ1n) is 7.42. The Morgan fingerprint density at radius 2 is 2.00 bits per heavy atom. The summed E-state index contributed by atoms with van der Waals surface area (Å²) in [7, 11) is 0. The van der Waals surface area contributed by atoms with E-state index in [4.69, 9.17) is 10.2 Å². The molecule has 0 spiro atoms. The number of hydrogen-bond acceptors (Lipinski definition) is 5. The first kappa shape index (κ1) is 15.9. The van der Waals surface area contributed by atoms with Gasteiger partial charge in [-0.3, -0.25) is 4.90 Å². The molecule has 6 nitrogen and oxygen atoms in total. The van der Waals surface area contributed by atoms with Gasteiger partial charge >= 0.3 is 0 Å². The first-order valence-corrected chi connectivity index (χ1v) is 7.42. The minimum absolute atomic E-state index is 0.117. The van der Waals surface area contributed by atoms with Gasteiger partial charge in [-0.15, -0.1) is 0 Å². The molecular weight excluding hydrogens is 268 g/mol. The van der Waals surface area contributed by atoms with Gasteiger partial charge in [0.25, 0.3) is 0 Å². The Labute approximate surface area is 125 Å². The lowest BCUT2D eigenvalue weighted by molar-refractivity contribution is 0.174. The van der Waals surface area contributed by atoms with Crippen molar-refractivity contribution in [3.05, 3.63) is 24.0 Å². The van der Waals surface area contributed by atoms with Crippen LogP contribution >= 0.6 is 0 Å². The molecule has 2 rings (SSSR count). The van der Waals surface area contributed by atoms with Crippen molar-refractivity contribution in [2.24, 2.45) is 0 Å². The van der Waals surface area contributed by atoms with E-state index in [9.17, 15) is 0 Å². The SMILES string of the molecule is CC(C)n1ncc2cc(CN(CCO)CCCO)cnc21. The number of nitrogens with zero attached hydrogens (tertiary/aromatic N) is 4. The van der Waals surface area contributed by atoms with E-state index in [0.29, 0.717) is 13.0 Å². The molecule has 0 atom stereocenters. The highest BCUT2D eigenvalue weighted by Gasteiger charge is 2.10. The van der Waals surface area contributed by atoms with E-state index in [1.165, 1.54) is 0 Å². The van der Waals surface area contributed by atoms with Gasteiger partial charge in [0.05, 0.1) is 12.8 Å². The third-order valence-corrected chi connectivity index (χ3v) is 3.43.